The number of hydrogen-bond donors (Lipinski definition) is 2. The van der Waals surface area contributed by atoms with E-state index in [1.807, 2.05) is 66.9 Å². The van der Waals surface area contributed by atoms with Crippen LogP contribution in [-0.4, -0.2) is 11.8 Å². The maximum absolute atomic E-state index is 13.5. The van der Waals surface area contributed by atoms with E-state index in [0.29, 0.717) is 23.4 Å². The molecule has 5 rings (SSSR count). The van der Waals surface area contributed by atoms with Crippen molar-refractivity contribution < 1.29 is 9.59 Å². The van der Waals surface area contributed by atoms with Gasteiger partial charge in [0.15, 0.2) is 0 Å². The van der Waals surface area contributed by atoms with Gasteiger partial charge in [0.25, 0.3) is 11.8 Å². The number of nitrogens with zero attached hydrogens (tertiary/aromatic N) is 1. The molecular weight excluding hydrogens is 418 g/mol. The number of benzene rings is 3. The van der Waals surface area contributed by atoms with Crippen LogP contribution in [0.4, 0.5) is 22.7 Å². The zero-order valence-corrected chi connectivity index (χ0v) is 18.3. The third-order valence-corrected chi connectivity index (χ3v) is 6.39. The van der Waals surface area contributed by atoms with Gasteiger partial charge in [-0.2, -0.15) is 0 Å². The van der Waals surface area contributed by atoms with Gasteiger partial charge in [0.1, 0.15) is 0 Å². The molecule has 0 unspecified atom stereocenters. The number of nitrogens with one attached hydrogen (secondary N) is 2. The van der Waals surface area contributed by atoms with Gasteiger partial charge < -0.3 is 15.5 Å². The molecule has 0 saturated heterocycles. The molecule has 32 heavy (non-hydrogen) atoms. The summed E-state index contributed by atoms with van der Waals surface area (Å²) in [6.07, 6.45) is 0. The molecule has 0 spiro atoms. The van der Waals surface area contributed by atoms with Gasteiger partial charge in [0, 0.05) is 21.8 Å². The quantitative estimate of drug-likeness (QED) is 0.399. The first-order chi connectivity index (χ1) is 15.6. The number of hydrogen-bond acceptors (Lipinski definition) is 4. The fourth-order valence-electron chi connectivity index (χ4n) is 3.85. The lowest BCUT2D eigenvalue weighted by atomic mass is 10.1. The summed E-state index contributed by atoms with van der Waals surface area (Å²) >= 11 is 1.54. The van der Waals surface area contributed by atoms with Crippen LogP contribution in [0.15, 0.2) is 84.2 Å². The van der Waals surface area contributed by atoms with E-state index in [-0.39, 0.29) is 11.8 Å². The van der Waals surface area contributed by atoms with Crippen LogP contribution < -0.4 is 15.5 Å². The van der Waals surface area contributed by atoms with Crippen LogP contribution in [0.25, 0.3) is 0 Å². The first-order valence-electron chi connectivity index (χ1n) is 10.3. The van der Waals surface area contributed by atoms with Crippen LogP contribution in [-0.2, 0) is 6.54 Å². The molecule has 0 saturated carbocycles. The zero-order chi connectivity index (χ0) is 22.1. The van der Waals surface area contributed by atoms with Crippen molar-refractivity contribution >= 4 is 45.9 Å². The topological polar surface area (TPSA) is 61.4 Å². The summed E-state index contributed by atoms with van der Waals surface area (Å²) in [4.78, 5) is 28.7. The lowest BCUT2D eigenvalue weighted by Crippen LogP contribution is -2.30. The smallest absolute Gasteiger partial charge is 0.258 e. The van der Waals surface area contributed by atoms with Crippen molar-refractivity contribution in [1.82, 2.24) is 0 Å². The van der Waals surface area contributed by atoms with Gasteiger partial charge >= 0.3 is 0 Å². The number of fused-ring (bicyclic) bond motifs is 2. The predicted molar refractivity (Wildman–Crippen MR) is 130 cm³/mol. The summed E-state index contributed by atoms with van der Waals surface area (Å²) in [5.74, 6) is -0.241. The number of anilines is 4. The molecule has 2 amide bonds. The van der Waals surface area contributed by atoms with Crippen LogP contribution in [0.5, 0.6) is 0 Å². The Hall–Kier alpha value is -3.90. The van der Waals surface area contributed by atoms with Crippen LogP contribution in [0, 0.1) is 6.92 Å². The largest absolute Gasteiger partial charge is 0.354 e. The highest BCUT2D eigenvalue weighted by Gasteiger charge is 2.24. The third-order valence-electron chi connectivity index (χ3n) is 5.55. The maximum atomic E-state index is 13.5. The summed E-state index contributed by atoms with van der Waals surface area (Å²) in [5, 5.41) is 8.25. The Morgan fingerprint density at radius 1 is 0.906 bits per heavy atom. The van der Waals surface area contributed by atoms with Gasteiger partial charge in [-0.05, 0) is 66.4 Å². The van der Waals surface area contributed by atoms with E-state index in [2.05, 4.69) is 10.6 Å². The van der Waals surface area contributed by atoms with Gasteiger partial charge in [0.05, 0.1) is 23.5 Å². The molecule has 3 aromatic carbocycles. The number of carbonyl (C=O) groups is 2. The molecule has 1 aromatic heterocycles. The van der Waals surface area contributed by atoms with E-state index in [9.17, 15) is 9.59 Å². The minimum absolute atomic E-state index is 0.0949. The zero-order valence-electron chi connectivity index (χ0n) is 17.5. The van der Waals surface area contributed by atoms with Crippen molar-refractivity contribution in [3.05, 3.63) is 106 Å². The van der Waals surface area contributed by atoms with Crippen molar-refractivity contribution in [2.24, 2.45) is 0 Å². The van der Waals surface area contributed by atoms with Gasteiger partial charge in [0.2, 0.25) is 0 Å². The molecule has 2 N–H and O–H groups in total. The number of rotatable bonds is 3. The minimum atomic E-state index is -0.146. The highest BCUT2D eigenvalue weighted by molar-refractivity contribution is 7.10. The number of carbonyl (C=O) groups excluding carboxylic acids is 2. The van der Waals surface area contributed by atoms with E-state index in [0.717, 1.165) is 27.5 Å². The Morgan fingerprint density at radius 2 is 1.62 bits per heavy atom. The SMILES string of the molecule is Cc1sccc1C(=O)Nc1ccc(C(=O)N2Cc3ccccc3Nc3ccccc32)cc1. The highest BCUT2D eigenvalue weighted by atomic mass is 32.1. The van der Waals surface area contributed by atoms with E-state index < -0.39 is 0 Å². The van der Waals surface area contributed by atoms with Crippen LogP contribution >= 0.6 is 11.3 Å². The molecule has 0 aliphatic carbocycles. The summed E-state index contributed by atoms with van der Waals surface area (Å²) in [5.41, 5.74) is 5.65. The Morgan fingerprint density at radius 3 is 2.38 bits per heavy atom. The summed E-state index contributed by atoms with van der Waals surface area (Å²) in [7, 11) is 0. The van der Waals surface area contributed by atoms with Crippen molar-refractivity contribution in [3.8, 4) is 0 Å². The summed E-state index contributed by atoms with van der Waals surface area (Å²) in [6, 6.07) is 24.7. The Labute approximate surface area is 190 Å². The second-order valence-electron chi connectivity index (χ2n) is 7.61. The molecule has 1 aliphatic heterocycles. The van der Waals surface area contributed by atoms with Crippen LogP contribution in [0.3, 0.4) is 0 Å². The molecule has 0 fully saturated rings. The standard InChI is InChI=1S/C26H21N3O2S/c1-17-21(14-15-32-17)25(30)27-20-12-10-18(11-13-20)26(31)29-16-19-6-2-3-7-22(19)28-23-8-4-5-9-24(23)29/h2-15,28H,16H2,1H3,(H,27,30). The van der Waals surface area contributed by atoms with Gasteiger partial charge in [-0.1, -0.05) is 30.3 Å². The molecular formula is C26H21N3O2S. The minimum Gasteiger partial charge on any atom is -0.354 e. The van der Waals surface area contributed by atoms with Gasteiger partial charge in [-0.25, -0.2) is 0 Å². The molecule has 0 radical (unpaired) electrons. The second-order valence-corrected chi connectivity index (χ2v) is 8.73. The van der Waals surface area contributed by atoms with Crippen molar-refractivity contribution in [2.45, 2.75) is 13.5 Å². The highest BCUT2D eigenvalue weighted by Crippen LogP contribution is 2.36. The average molecular weight is 440 g/mol. The first kappa shape index (κ1) is 20.0. The Kier molecular flexibility index (Phi) is 5.21. The Bertz CT molecular complexity index is 1310. The lowest BCUT2D eigenvalue weighted by molar-refractivity contribution is 0.0984. The van der Waals surface area contributed by atoms with Gasteiger partial charge in [-0.15, -0.1) is 11.3 Å². The fourth-order valence-corrected chi connectivity index (χ4v) is 4.54. The fraction of sp³-hybridized carbons (Fsp3) is 0.0769. The van der Waals surface area contributed by atoms with Crippen LogP contribution in [0.1, 0.15) is 31.2 Å². The van der Waals surface area contributed by atoms with Gasteiger partial charge in [-0.3, -0.25) is 9.59 Å². The predicted octanol–water partition coefficient (Wildman–Crippen LogP) is 6.21. The molecule has 2 heterocycles. The maximum Gasteiger partial charge on any atom is 0.258 e. The number of amides is 2. The van der Waals surface area contributed by atoms with E-state index in [4.69, 9.17) is 0 Å². The monoisotopic (exact) mass is 439 g/mol. The van der Waals surface area contributed by atoms with E-state index in [1.54, 1.807) is 40.5 Å². The third kappa shape index (κ3) is 3.76. The normalized spacial score (nSPS) is 12.2. The molecule has 5 nitrogen and oxygen atoms in total. The molecule has 0 atom stereocenters. The number of thiophene rings is 1. The molecule has 0 bridgehead atoms. The summed E-state index contributed by atoms with van der Waals surface area (Å²) in [6.45, 7) is 2.39. The van der Waals surface area contributed by atoms with E-state index >= 15 is 0 Å². The summed E-state index contributed by atoms with van der Waals surface area (Å²) < 4.78 is 0. The number of para-hydroxylation sites is 3. The van der Waals surface area contributed by atoms with Crippen molar-refractivity contribution in [2.75, 3.05) is 15.5 Å². The van der Waals surface area contributed by atoms with Crippen molar-refractivity contribution in [3.63, 3.8) is 0 Å². The first-order valence-corrected chi connectivity index (χ1v) is 11.2. The second kappa shape index (κ2) is 8.32. The van der Waals surface area contributed by atoms with Crippen molar-refractivity contribution in [1.29, 1.82) is 0 Å². The molecule has 4 aromatic rings. The molecule has 1 aliphatic rings. The Balaban J connectivity index is 1.41. The van der Waals surface area contributed by atoms with E-state index in [1.165, 1.54) is 0 Å². The van der Waals surface area contributed by atoms with Crippen LogP contribution in [0.2, 0.25) is 0 Å². The number of aryl methyl sites for hydroxylation is 1. The average Bonchev–Trinajstić information content (AvgIpc) is 3.17. The lowest BCUT2D eigenvalue weighted by Gasteiger charge is -2.23. The molecule has 158 valence electrons. The molecule has 6 heteroatoms.